The van der Waals surface area contributed by atoms with E-state index in [2.05, 4.69) is 39.2 Å². The third-order valence-electron chi connectivity index (χ3n) is 5.16. The van der Waals surface area contributed by atoms with Crippen molar-refractivity contribution >= 4 is 20.2 Å². The summed E-state index contributed by atoms with van der Waals surface area (Å²) in [6.07, 6.45) is -0.704. The van der Waals surface area contributed by atoms with Crippen LogP contribution >= 0.6 is 0 Å². The van der Waals surface area contributed by atoms with Gasteiger partial charge in [0.15, 0.2) is 14.5 Å². The van der Waals surface area contributed by atoms with Crippen molar-refractivity contribution in [1.29, 1.82) is 0 Å². The highest BCUT2D eigenvalue weighted by Crippen LogP contribution is 2.39. The van der Waals surface area contributed by atoms with Crippen molar-refractivity contribution in [3.8, 4) is 0 Å². The molecule has 3 atom stereocenters. The number of hydrogen-bond donors (Lipinski definition) is 1. The quantitative estimate of drug-likeness (QED) is 0.479. The Morgan fingerprint density at radius 3 is 2.36 bits per heavy atom. The van der Waals surface area contributed by atoms with Crippen LogP contribution in [0.4, 0.5) is 0 Å². The van der Waals surface area contributed by atoms with E-state index in [-0.39, 0.29) is 29.4 Å². The minimum absolute atomic E-state index is 0.0565. The van der Waals surface area contributed by atoms with Crippen molar-refractivity contribution in [2.24, 2.45) is 5.92 Å². The van der Waals surface area contributed by atoms with E-state index in [4.69, 9.17) is 9.16 Å². The second-order valence-electron chi connectivity index (χ2n) is 8.19. The lowest BCUT2D eigenvalue weighted by atomic mass is 9.93. The lowest BCUT2D eigenvalue weighted by molar-refractivity contribution is -0.174. The SMILES string of the molecule is C[C@@H](O[Si](C)(C)C(C)(C)C)[C@H]1C(=O)N[C@@H]1OC(=O)Cc1ccccc1. The molecule has 1 aromatic rings. The van der Waals surface area contributed by atoms with E-state index in [1.165, 1.54) is 0 Å². The molecule has 5 nitrogen and oxygen atoms in total. The predicted octanol–water partition coefficient (Wildman–Crippen LogP) is 3.25. The molecule has 1 N–H and O–H groups in total. The molecule has 0 aliphatic carbocycles. The molecular weight excluding hydrogens is 334 g/mol. The third-order valence-corrected chi connectivity index (χ3v) is 9.73. The normalized spacial score (nSPS) is 21.9. The average Bonchev–Trinajstić information content (AvgIpc) is 2.45. The van der Waals surface area contributed by atoms with E-state index >= 15 is 0 Å². The van der Waals surface area contributed by atoms with Gasteiger partial charge < -0.3 is 14.5 Å². The fourth-order valence-corrected chi connectivity index (χ4v) is 4.02. The first kappa shape index (κ1) is 19.7. The molecule has 0 spiro atoms. The molecule has 1 aliphatic rings. The van der Waals surface area contributed by atoms with E-state index in [1.54, 1.807) is 0 Å². The molecule has 1 amide bonds. The second kappa shape index (κ2) is 7.29. The van der Waals surface area contributed by atoms with Gasteiger partial charge in [0.2, 0.25) is 5.91 Å². The summed E-state index contributed by atoms with van der Waals surface area (Å²) in [6.45, 7) is 12.7. The summed E-state index contributed by atoms with van der Waals surface area (Å²) in [4.78, 5) is 24.1. The summed E-state index contributed by atoms with van der Waals surface area (Å²) in [5.41, 5.74) is 0.889. The molecule has 138 valence electrons. The molecular formula is C19H29NO4Si. The van der Waals surface area contributed by atoms with Crippen molar-refractivity contribution in [1.82, 2.24) is 5.32 Å². The molecule has 25 heavy (non-hydrogen) atoms. The molecule has 6 heteroatoms. The maximum atomic E-state index is 12.1. The number of ether oxygens (including phenoxy) is 1. The maximum absolute atomic E-state index is 12.1. The van der Waals surface area contributed by atoms with Gasteiger partial charge in [0.25, 0.3) is 0 Å². The summed E-state index contributed by atoms with van der Waals surface area (Å²) < 4.78 is 11.8. The van der Waals surface area contributed by atoms with Crippen LogP contribution in [-0.4, -0.2) is 32.5 Å². The van der Waals surface area contributed by atoms with Gasteiger partial charge >= 0.3 is 5.97 Å². The zero-order valence-electron chi connectivity index (χ0n) is 16.0. The molecule has 1 aliphatic heterocycles. The Labute approximate surface area is 151 Å². The monoisotopic (exact) mass is 363 g/mol. The van der Waals surface area contributed by atoms with Crippen LogP contribution in [0.1, 0.15) is 33.3 Å². The lowest BCUT2D eigenvalue weighted by Crippen LogP contribution is -2.65. The molecule has 1 aromatic carbocycles. The van der Waals surface area contributed by atoms with Crippen LogP contribution < -0.4 is 5.32 Å². The number of nitrogens with one attached hydrogen (secondary N) is 1. The van der Waals surface area contributed by atoms with Crippen LogP contribution in [0.3, 0.4) is 0 Å². The molecule has 1 heterocycles. The summed E-state index contributed by atoms with van der Waals surface area (Å²) in [5, 5.41) is 2.72. The first-order chi connectivity index (χ1) is 11.5. The highest BCUT2D eigenvalue weighted by Gasteiger charge is 2.49. The van der Waals surface area contributed by atoms with Crippen molar-refractivity contribution in [3.05, 3.63) is 35.9 Å². The molecule has 1 fully saturated rings. The number of carbonyl (C=O) groups excluding carboxylic acids is 2. The van der Waals surface area contributed by atoms with Crippen LogP contribution in [-0.2, 0) is 25.2 Å². The number of rotatable bonds is 6. The molecule has 0 radical (unpaired) electrons. The fourth-order valence-electron chi connectivity index (χ4n) is 2.59. The molecule has 1 saturated heterocycles. The largest absolute Gasteiger partial charge is 0.440 e. The highest BCUT2D eigenvalue weighted by molar-refractivity contribution is 6.74. The van der Waals surface area contributed by atoms with E-state index in [1.807, 2.05) is 37.3 Å². The Hall–Kier alpha value is -1.66. The number of benzene rings is 1. The van der Waals surface area contributed by atoms with Gasteiger partial charge in [-0.3, -0.25) is 9.59 Å². The molecule has 0 saturated carbocycles. The van der Waals surface area contributed by atoms with Crippen molar-refractivity contribution in [2.45, 2.75) is 64.6 Å². The molecule has 0 unspecified atom stereocenters. The topological polar surface area (TPSA) is 64.6 Å². The lowest BCUT2D eigenvalue weighted by Gasteiger charge is -2.44. The Bertz CT molecular complexity index is 624. The minimum atomic E-state index is -1.99. The maximum Gasteiger partial charge on any atom is 0.312 e. The van der Waals surface area contributed by atoms with Crippen LogP contribution in [0.5, 0.6) is 0 Å². The zero-order valence-corrected chi connectivity index (χ0v) is 17.0. The van der Waals surface area contributed by atoms with Crippen molar-refractivity contribution in [2.75, 3.05) is 0 Å². The number of amides is 1. The third kappa shape index (κ3) is 4.70. The fraction of sp³-hybridized carbons (Fsp3) is 0.579. The Balaban J connectivity index is 1.94. The van der Waals surface area contributed by atoms with E-state index in [0.717, 1.165) is 5.56 Å². The molecule has 0 aromatic heterocycles. The zero-order chi connectivity index (χ0) is 18.8. The number of hydrogen-bond acceptors (Lipinski definition) is 4. The van der Waals surface area contributed by atoms with Crippen LogP contribution in [0, 0.1) is 5.92 Å². The van der Waals surface area contributed by atoms with Gasteiger partial charge in [0.1, 0.15) is 5.92 Å². The van der Waals surface area contributed by atoms with Gasteiger partial charge in [-0.15, -0.1) is 0 Å². The highest BCUT2D eigenvalue weighted by atomic mass is 28.4. The van der Waals surface area contributed by atoms with E-state index in [0.29, 0.717) is 0 Å². The summed E-state index contributed by atoms with van der Waals surface area (Å²) >= 11 is 0. The first-order valence-corrected chi connectivity index (χ1v) is 11.6. The Morgan fingerprint density at radius 2 is 1.84 bits per heavy atom. The summed E-state index contributed by atoms with van der Waals surface area (Å²) in [7, 11) is -1.99. The summed E-state index contributed by atoms with van der Waals surface area (Å²) in [6, 6.07) is 9.41. The van der Waals surface area contributed by atoms with Crippen LogP contribution in [0.25, 0.3) is 0 Å². The van der Waals surface area contributed by atoms with Gasteiger partial charge in [0, 0.05) is 0 Å². The number of β-lactam (4-membered cyclic amide) rings is 1. The van der Waals surface area contributed by atoms with Gasteiger partial charge in [0.05, 0.1) is 12.5 Å². The molecule has 0 bridgehead atoms. The first-order valence-electron chi connectivity index (χ1n) is 8.73. The van der Waals surface area contributed by atoms with Gasteiger partial charge in [-0.05, 0) is 30.6 Å². The van der Waals surface area contributed by atoms with Crippen LogP contribution in [0.2, 0.25) is 18.1 Å². The predicted molar refractivity (Wildman–Crippen MR) is 99.4 cm³/mol. The average molecular weight is 364 g/mol. The number of esters is 1. The van der Waals surface area contributed by atoms with Crippen LogP contribution in [0.15, 0.2) is 30.3 Å². The van der Waals surface area contributed by atoms with E-state index < -0.39 is 20.5 Å². The minimum Gasteiger partial charge on any atom is -0.440 e. The van der Waals surface area contributed by atoms with Gasteiger partial charge in [-0.2, -0.15) is 0 Å². The van der Waals surface area contributed by atoms with Crippen molar-refractivity contribution in [3.63, 3.8) is 0 Å². The Morgan fingerprint density at radius 1 is 1.24 bits per heavy atom. The van der Waals surface area contributed by atoms with Gasteiger partial charge in [-0.25, -0.2) is 0 Å². The standard InChI is InChI=1S/C19H29NO4Si/c1-13(24-25(5,6)19(2,3)4)16-17(22)20-18(16)23-15(21)12-14-10-8-7-9-11-14/h7-11,13,16,18H,12H2,1-6H3,(H,20,22)/t13-,16+,18-/m1/s1. The Kier molecular flexibility index (Phi) is 5.74. The van der Waals surface area contributed by atoms with Crippen molar-refractivity contribution < 1.29 is 18.8 Å². The van der Waals surface area contributed by atoms with E-state index in [9.17, 15) is 9.59 Å². The summed E-state index contributed by atoms with van der Waals surface area (Å²) in [5.74, 6) is -0.918. The molecule has 2 rings (SSSR count). The second-order valence-corrected chi connectivity index (χ2v) is 12.9. The number of carbonyl (C=O) groups is 2. The smallest absolute Gasteiger partial charge is 0.312 e. The van der Waals surface area contributed by atoms with Gasteiger partial charge in [-0.1, -0.05) is 51.1 Å².